The van der Waals surface area contributed by atoms with Crippen molar-refractivity contribution in [1.29, 1.82) is 0 Å². The van der Waals surface area contributed by atoms with Gasteiger partial charge in [-0.3, -0.25) is 14.7 Å². The topological polar surface area (TPSA) is 120 Å². The minimum Gasteiger partial charge on any atom is -0.444 e. The average molecular weight is 434 g/mol. The Kier molecular flexibility index (Phi) is 7.89. The number of benzene rings is 1. The Labute approximate surface area is 184 Å². The summed E-state index contributed by atoms with van der Waals surface area (Å²) in [5.74, 6) is -0.392. The van der Waals surface area contributed by atoms with Crippen LogP contribution in [-0.4, -0.2) is 78.7 Å². The first-order valence-corrected chi connectivity index (χ1v) is 10.5. The van der Waals surface area contributed by atoms with Crippen LogP contribution < -0.4 is 16.0 Å². The van der Waals surface area contributed by atoms with Crippen molar-refractivity contribution in [2.75, 3.05) is 43.9 Å². The van der Waals surface area contributed by atoms with E-state index in [1.807, 2.05) is 46.8 Å². The number of aliphatic hydroxyl groups is 1. The molecule has 9 heteroatoms. The number of aliphatic hydroxyl groups excluding tert-OH is 1. The molecule has 1 saturated heterocycles. The SMILES string of the molecule is CN=C(C(=O)NCCO)c1cc(N2C[C@@H](C)N(C(=O)OC(C)(C)C)[C@H](C)C2)ccc1N. The first-order chi connectivity index (χ1) is 14.5. The van der Waals surface area contributed by atoms with Gasteiger partial charge in [-0.05, 0) is 52.8 Å². The van der Waals surface area contributed by atoms with Gasteiger partial charge in [0.2, 0.25) is 0 Å². The molecule has 1 heterocycles. The summed E-state index contributed by atoms with van der Waals surface area (Å²) in [5.41, 5.74) is 7.66. The van der Waals surface area contributed by atoms with Crippen LogP contribution in [0.5, 0.6) is 0 Å². The maximum absolute atomic E-state index is 12.7. The molecule has 0 aromatic heterocycles. The number of hydrogen-bond donors (Lipinski definition) is 3. The van der Waals surface area contributed by atoms with E-state index in [1.54, 1.807) is 11.0 Å². The summed E-state index contributed by atoms with van der Waals surface area (Å²) in [6.45, 7) is 10.8. The van der Waals surface area contributed by atoms with Crippen LogP contribution in [0.15, 0.2) is 23.2 Å². The minimum absolute atomic E-state index is 0.0632. The number of piperazine rings is 1. The Bertz CT molecular complexity index is 822. The van der Waals surface area contributed by atoms with E-state index in [1.165, 1.54) is 7.05 Å². The summed E-state index contributed by atoms with van der Waals surface area (Å²) < 4.78 is 5.57. The number of amides is 2. The van der Waals surface area contributed by atoms with Gasteiger partial charge in [0, 0.05) is 43.6 Å². The van der Waals surface area contributed by atoms with Gasteiger partial charge in [0.05, 0.1) is 18.7 Å². The van der Waals surface area contributed by atoms with Gasteiger partial charge in [-0.2, -0.15) is 0 Å². The predicted octanol–water partition coefficient (Wildman–Crippen LogP) is 1.63. The molecule has 172 valence electrons. The molecule has 0 radical (unpaired) electrons. The third kappa shape index (κ3) is 6.10. The Morgan fingerprint density at radius 1 is 1.26 bits per heavy atom. The van der Waals surface area contributed by atoms with Crippen LogP contribution in [0.1, 0.15) is 40.2 Å². The zero-order valence-corrected chi connectivity index (χ0v) is 19.3. The van der Waals surface area contributed by atoms with E-state index in [4.69, 9.17) is 15.6 Å². The number of nitrogen functional groups attached to an aromatic ring is 1. The second-order valence-electron chi connectivity index (χ2n) is 8.81. The molecule has 1 fully saturated rings. The maximum Gasteiger partial charge on any atom is 0.410 e. The van der Waals surface area contributed by atoms with E-state index >= 15 is 0 Å². The first kappa shape index (κ1) is 24.5. The monoisotopic (exact) mass is 433 g/mol. The second-order valence-corrected chi connectivity index (χ2v) is 8.81. The number of carbonyl (C=O) groups is 2. The molecule has 4 N–H and O–H groups in total. The number of anilines is 2. The molecule has 0 saturated carbocycles. The molecule has 0 unspecified atom stereocenters. The number of hydrogen-bond acceptors (Lipinski definition) is 7. The molecule has 2 atom stereocenters. The Morgan fingerprint density at radius 3 is 2.39 bits per heavy atom. The van der Waals surface area contributed by atoms with Crippen molar-refractivity contribution in [2.45, 2.75) is 52.3 Å². The van der Waals surface area contributed by atoms with Crippen LogP contribution in [0, 0.1) is 0 Å². The van der Waals surface area contributed by atoms with Gasteiger partial charge in [0.25, 0.3) is 5.91 Å². The number of nitrogens with one attached hydrogen (secondary N) is 1. The van der Waals surface area contributed by atoms with Crippen molar-refractivity contribution in [2.24, 2.45) is 4.99 Å². The summed E-state index contributed by atoms with van der Waals surface area (Å²) in [4.78, 5) is 33.1. The summed E-state index contributed by atoms with van der Waals surface area (Å²) in [6.07, 6.45) is -0.314. The van der Waals surface area contributed by atoms with E-state index in [0.29, 0.717) is 24.3 Å². The molecule has 1 aliphatic rings. The molecule has 1 aromatic carbocycles. The highest BCUT2D eigenvalue weighted by Crippen LogP contribution is 2.27. The molecular formula is C22H35N5O4. The van der Waals surface area contributed by atoms with E-state index in [0.717, 1.165) is 5.69 Å². The fourth-order valence-electron chi connectivity index (χ4n) is 3.75. The third-order valence-electron chi connectivity index (χ3n) is 5.02. The lowest BCUT2D eigenvalue weighted by Gasteiger charge is -2.45. The second kappa shape index (κ2) is 10.00. The van der Waals surface area contributed by atoms with Crippen molar-refractivity contribution < 1.29 is 19.4 Å². The standard InChI is InChI=1S/C22H35N5O4/c1-14-12-26(13-15(2)27(14)21(30)31-22(3,4)5)16-7-8-18(23)17(11-16)19(24-6)20(29)25-9-10-28/h7-8,11,14-15,28H,9-10,12-13,23H2,1-6H3,(H,25,29)/t14-,15-/m1/s1. The Morgan fingerprint density at radius 2 is 1.87 bits per heavy atom. The summed E-state index contributed by atoms with van der Waals surface area (Å²) >= 11 is 0. The van der Waals surface area contributed by atoms with Gasteiger partial charge in [-0.15, -0.1) is 0 Å². The van der Waals surface area contributed by atoms with E-state index in [-0.39, 0.29) is 37.0 Å². The maximum atomic E-state index is 12.7. The van der Waals surface area contributed by atoms with Crippen molar-refractivity contribution >= 4 is 29.1 Å². The lowest BCUT2D eigenvalue weighted by molar-refractivity contribution is -0.114. The molecule has 0 spiro atoms. The predicted molar refractivity (Wildman–Crippen MR) is 123 cm³/mol. The van der Waals surface area contributed by atoms with Gasteiger partial charge in [-0.1, -0.05) is 0 Å². The Balaban J connectivity index is 2.24. The Hall–Kier alpha value is -2.81. The van der Waals surface area contributed by atoms with Crippen molar-refractivity contribution in [3.8, 4) is 0 Å². The molecule has 0 bridgehead atoms. The number of carbonyl (C=O) groups excluding carboxylic acids is 2. The van der Waals surface area contributed by atoms with Crippen molar-refractivity contribution in [3.05, 3.63) is 23.8 Å². The number of aliphatic imine (C=N–C) groups is 1. The highest BCUT2D eigenvalue weighted by Gasteiger charge is 2.35. The van der Waals surface area contributed by atoms with Gasteiger partial charge < -0.3 is 25.8 Å². The largest absolute Gasteiger partial charge is 0.444 e. The first-order valence-electron chi connectivity index (χ1n) is 10.5. The molecule has 2 amide bonds. The molecule has 2 rings (SSSR count). The van der Waals surface area contributed by atoms with Gasteiger partial charge in [0.15, 0.2) is 0 Å². The molecule has 1 aliphatic heterocycles. The number of nitrogens with zero attached hydrogens (tertiary/aromatic N) is 3. The molecular weight excluding hydrogens is 398 g/mol. The van der Waals surface area contributed by atoms with Crippen LogP contribution in [0.2, 0.25) is 0 Å². The summed E-state index contributed by atoms with van der Waals surface area (Å²) in [7, 11) is 1.53. The van der Waals surface area contributed by atoms with E-state index < -0.39 is 11.5 Å². The molecule has 9 nitrogen and oxygen atoms in total. The number of nitrogens with two attached hydrogens (primary N) is 1. The molecule has 31 heavy (non-hydrogen) atoms. The lowest BCUT2D eigenvalue weighted by atomic mass is 10.0. The average Bonchev–Trinajstić information content (AvgIpc) is 2.66. The summed E-state index contributed by atoms with van der Waals surface area (Å²) in [6, 6.07) is 5.38. The quantitative estimate of drug-likeness (QED) is 0.479. The summed E-state index contributed by atoms with van der Waals surface area (Å²) in [5, 5.41) is 11.6. The highest BCUT2D eigenvalue weighted by molar-refractivity contribution is 6.46. The molecule has 0 aliphatic carbocycles. The highest BCUT2D eigenvalue weighted by atomic mass is 16.6. The van der Waals surface area contributed by atoms with E-state index in [9.17, 15) is 9.59 Å². The number of rotatable bonds is 5. The lowest BCUT2D eigenvalue weighted by Crippen LogP contribution is -2.59. The van der Waals surface area contributed by atoms with Crippen molar-refractivity contribution in [3.63, 3.8) is 0 Å². The zero-order valence-electron chi connectivity index (χ0n) is 19.3. The van der Waals surface area contributed by atoms with Crippen LogP contribution in [0.25, 0.3) is 0 Å². The minimum atomic E-state index is -0.550. The molecule has 1 aromatic rings. The van der Waals surface area contributed by atoms with Crippen LogP contribution in [0.4, 0.5) is 16.2 Å². The normalized spacial score (nSPS) is 19.9. The fourth-order valence-corrected chi connectivity index (χ4v) is 3.75. The number of ether oxygens (including phenoxy) is 1. The van der Waals surface area contributed by atoms with Crippen molar-refractivity contribution in [1.82, 2.24) is 10.2 Å². The van der Waals surface area contributed by atoms with Gasteiger partial charge in [-0.25, -0.2) is 4.79 Å². The zero-order chi connectivity index (χ0) is 23.3. The smallest absolute Gasteiger partial charge is 0.410 e. The van der Waals surface area contributed by atoms with Crippen LogP contribution >= 0.6 is 0 Å². The van der Waals surface area contributed by atoms with Crippen LogP contribution in [0.3, 0.4) is 0 Å². The third-order valence-corrected chi connectivity index (χ3v) is 5.02. The van der Waals surface area contributed by atoms with E-state index in [2.05, 4.69) is 15.2 Å². The van der Waals surface area contributed by atoms with Gasteiger partial charge >= 0.3 is 6.09 Å². The van der Waals surface area contributed by atoms with Gasteiger partial charge in [0.1, 0.15) is 11.3 Å². The fraction of sp³-hybridized carbons (Fsp3) is 0.591. The van der Waals surface area contributed by atoms with Crippen LogP contribution in [-0.2, 0) is 9.53 Å².